The van der Waals surface area contributed by atoms with Gasteiger partial charge in [-0.25, -0.2) is 15.0 Å². The lowest BCUT2D eigenvalue weighted by Crippen LogP contribution is -2.36. The Bertz CT molecular complexity index is 1450. The quantitative estimate of drug-likeness (QED) is 0.370. The normalized spacial score (nSPS) is 13.9. The van der Waals surface area contributed by atoms with Gasteiger partial charge in [-0.1, -0.05) is 24.4 Å². The second-order valence-electron chi connectivity index (χ2n) is 10.3. The van der Waals surface area contributed by atoms with E-state index in [0.29, 0.717) is 16.7 Å². The van der Waals surface area contributed by atoms with Crippen LogP contribution in [0.5, 0.6) is 0 Å². The second-order valence-corrected chi connectivity index (χ2v) is 10.3. The molecule has 0 radical (unpaired) electrons. The fraction of sp³-hybridized carbons (Fsp3) is 0.464. The van der Waals surface area contributed by atoms with Crippen LogP contribution < -0.4 is 10.5 Å². The Labute approximate surface area is 223 Å². The lowest BCUT2D eigenvalue weighted by Gasteiger charge is -2.33. The molecule has 0 aromatic carbocycles. The van der Waals surface area contributed by atoms with Gasteiger partial charge in [0.1, 0.15) is 40.8 Å². The number of pyridine rings is 2. The minimum Gasteiger partial charge on any atom is -0.390 e. The molecule has 1 aliphatic rings. The molecule has 0 atom stereocenters. The summed E-state index contributed by atoms with van der Waals surface area (Å²) in [5.74, 6) is 0. The topological polar surface area (TPSA) is 133 Å². The maximum atomic E-state index is 12.6. The summed E-state index contributed by atoms with van der Waals surface area (Å²) in [6.07, 6.45) is 10.4. The van der Waals surface area contributed by atoms with Gasteiger partial charge in [-0.3, -0.25) is 4.79 Å². The van der Waals surface area contributed by atoms with Gasteiger partial charge in [0.05, 0.1) is 17.4 Å². The van der Waals surface area contributed by atoms with E-state index in [9.17, 15) is 10.1 Å². The largest absolute Gasteiger partial charge is 0.390 e. The molecule has 0 saturated heterocycles. The van der Waals surface area contributed by atoms with Crippen molar-refractivity contribution in [3.8, 4) is 12.1 Å². The molecule has 3 aromatic rings. The fourth-order valence-corrected chi connectivity index (χ4v) is 4.32. The second kappa shape index (κ2) is 12.3. The van der Waals surface area contributed by atoms with Gasteiger partial charge >= 0.3 is 0 Å². The van der Waals surface area contributed by atoms with Gasteiger partial charge in [-0.2, -0.15) is 10.5 Å². The number of aryl methyl sites for hydroxylation is 2. The first-order chi connectivity index (χ1) is 18.1. The van der Waals surface area contributed by atoms with Gasteiger partial charge in [0.25, 0.3) is 5.56 Å². The lowest BCUT2D eigenvalue weighted by atomic mass is 9.93. The first kappa shape index (κ1) is 28.3. The molecule has 10 heteroatoms. The first-order valence-corrected chi connectivity index (χ1v) is 12.6. The number of hydrogen-bond donors (Lipinski definition) is 0. The van der Waals surface area contributed by atoms with Crippen molar-refractivity contribution in [2.75, 3.05) is 11.9 Å². The number of rotatable bonds is 4. The summed E-state index contributed by atoms with van der Waals surface area (Å²) in [6.45, 7) is 7.73. The average molecular weight is 515 g/mol. The van der Waals surface area contributed by atoms with E-state index >= 15 is 0 Å². The Morgan fingerprint density at radius 3 is 2.50 bits per heavy atom. The Balaban J connectivity index is 0.000000244. The van der Waals surface area contributed by atoms with Gasteiger partial charge in [-0.05, 0) is 52.7 Å². The van der Waals surface area contributed by atoms with E-state index in [1.165, 1.54) is 17.3 Å². The minimum atomic E-state index is -0.325. The predicted octanol–water partition coefficient (Wildman–Crippen LogP) is 4.38. The van der Waals surface area contributed by atoms with Crippen LogP contribution in [-0.4, -0.2) is 44.4 Å². The first-order valence-electron chi connectivity index (χ1n) is 12.6. The molecule has 10 nitrogen and oxygen atoms in total. The van der Waals surface area contributed by atoms with Crippen LogP contribution in [0.15, 0.2) is 34.6 Å². The number of anilines is 1. The number of nitrogens with zero attached hydrogens (tertiary/aromatic N) is 8. The van der Waals surface area contributed by atoms with E-state index in [-0.39, 0.29) is 28.5 Å². The number of hydrogen-bond acceptors (Lipinski definition) is 9. The van der Waals surface area contributed by atoms with Crippen LogP contribution in [0.1, 0.15) is 75.4 Å². The van der Waals surface area contributed by atoms with Crippen LogP contribution in [0.4, 0.5) is 5.69 Å². The molecule has 0 aliphatic heterocycles. The van der Waals surface area contributed by atoms with Crippen molar-refractivity contribution < 1.29 is 4.84 Å². The summed E-state index contributed by atoms with van der Waals surface area (Å²) in [4.78, 5) is 32.2. The zero-order chi connectivity index (χ0) is 27.9. The van der Waals surface area contributed by atoms with Crippen LogP contribution in [0.3, 0.4) is 0 Å². The third-order valence-corrected chi connectivity index (χ3v) is 6.38. The van der Waals surface area contributed by atoms with Gasteiger partial charge in [-0.15, -0.1) is 0 Å². The molecule has 0 amide bonds. The molecular weight excluding hydrogens is 480 g/mol. The van der Waals surface area contributed by atoms with E-state index in [4.69, 9.17) is 10.1 Å². The Hall–Kier alpha value is -4.31. The van der Waals surface area contributed by atoms with Crippen molar-refractivity contribution in [3.63, 3.8) is 0 Å². The zero-order valence-corrected chi connectivity index (χ0v) is 22.9. The highest BCUT2D eigenvalue weighted by atomic mass is 16.6. The van der Waals surface area contributed by atoms with E-state index < -0.39 is 0 Å². The molecular formula is C28H34N8O2. The van der Waals surface area contributed by atoms with E-state index in [0.717, 1.165) is 36.9 Å². The molecule has 1 saturated carbocycles. The molecule has 4 rings (SSSR count). The SMILES string of the molecule is CN(c1c(C#N)c(=O)n(C)c2ccc(C#N)nc12)C1CCCCC1.Cc1ncncc1/C=N\OC(C)(C)C. The number of aromatic nitrogens is 4. The van der Waals surface area contributed by atoms with Crippen molar-refractivity contribution in [2.24, 2.45) is 12.2 Å². The van der Waals surface area contributed by atoms with Gasteiger partial charge in [0.2, 0.25) is 0 Å². The van der Waals surface area contributed by atoms with E-state index in [2.05, 4.69) is 26.2 Å². The smallest absolute Gasteiger partial charge is 0.270 e. The van der Waals surface area contributed by atoms with Crippen LogP contribution in [0, 0.1) is 29.6 Å². The molecule has 3 heterocycles. The zero-order valence-electron chi connectivity index (χ0n) is 22.9. The highest BCUT2D eigenvalue weighted by molar-refractivity contribution is 5.92. The van der Waals surface area contributed by atoms with Crippen molar-refractivity contribution >= 4 is 22.9 Å². The van der Waals surface area contributed by atoms with Gasteiger partial charge in [0.15, 0.2) is 0 Å². The molecule has 0 bridgehead atoms. The van der Waals surface area contributed by atoms with Crippen molar-refractivity contribution in [3.05, 3.63) is 57.5 Å². The van der Waals surface area contributed by atoms with E-state index in [1.807, 2.05) is 45.7 Å². The van der Waals surface area contributed by atoms with Crippen LogP contribution in [0.2, 0.25) is 0 Å². The van der Waals surface area contributed by atoms with Crippen molar-refractivity contribution in [2.45, 2.75) is 71.4 Å². The van der Waals surface area contributed by atoms with Crippen LogP contribution in [-0.2, 0) is 11.9 Å². The van der Waals surface area contributed by atoms with Crippen LogP contribution in [0.25, 0.3) is 11.0 Å². The molecule has 198 valence electrons. The summed E-state index contributed by atoms with van der Waals surface area (Å²) < 4.78 is 1.43. The Kier molecular flexibility index (Phi) is 9.14. The summed E-state index contributed by atoms with van der Waals surface area (Å²) in [5, 5.41) is 22.6. The highest BCUT2D eigenvalue weighted by Crippen LogP contribution is 2.32. The Morgan fingerprint density at radius 1 is 1.18 bits per heavy atom. The maximum absolute atomic E-state index is 12.6. The van der Waals surface area contributed by atoms with Gasteiger partial charge in [0, 0.05) is 37.6 Å². The molecule has 1 aliphatic carbocycles. The monoisotopic (exact) mass is 514 g/mol. The van der Waals surface area contributed by atoms with Gasteiger partial charge < -0.3 is 14.3 Å². The summed E-state index contributed by atoms with van der Waals surface area (Å²) in [6, 6.07) is 7.70. The Morgan fingerprint density at radius 2 is 1.89 bits per heavy atom. The molecule has 0 spiro atoms. The number of fused-ring (bicyclic) bond motifs is 1. The third-order valence-electron chi connectivity index (χ3n) is 6.38. The highest BCUT2D eigenvalue weighted by Gasteiger charge is 2.25. The van der Waals surface area contributed by atoms with Crippen molar-refractivity contribution in [1.82, 2.24) is 19.5 Å². The summed E-state index contributed by atoms with van der Waals surface area (Å²) >= 11 is 0. The predicted molar refractivity (Wildman–Crippen MR) is 147 cm³/mol. The van der Waals surface area contributed by atoms with Crippen molar-refractivity contribution in [1.29, 1.82) is 10.5 Å². The molecule has 0 N–H and O–H groups in total. The molecule has 3 aromatic heterocycles. The number of oxime groups is 1. The summed E-state index contributed by atoms with van der Waals surface area (Å²) in [5.41, 5.74) is 3.28. The standard InChI is InChI=1S/C18H19N5O.C10H15N3O/c1-22(13-6-4-3-5-7-13)17-14(11-20)18(24)23(2)15-9-8-12(10-19)21-16(15)17;1-8-9(5-11-7-12-8)6-13-14-10(2,3)4/h8-9,13H,3-7H2,1-2H3;5-7H,1-4H3/b;13-6-. The maximum Gasteiger partial charge on any atom is 0.270 e. The van der Waals surface area contributed by atoms with Crippen LogP contribution >= 0.6 is 0 Å². The number of nitriles is 2. The molecule has 38 heavy (non-hydrogen) atoms. The fourth-order valence-electron chi connectivity index (χ4n) is 4.32. The lowest BCUT2D eigenvalue weighted by molar-refractivity contribution is 0.00198. The van der Waals surface area contributed by atoms with E-state index in [1.54, 1.807) is 31.6 Å². The third kappa shape index (κ3) is 6.71. The molecule has 0 unspecified atom stereocenters. The molecule has 1 fully saturated rings. The summed E-state index contributed by atoms with van der Waals surface area (Å²) in [7, 11) is 3.55. The minimum absolute atomic E-state index is 0.0978. The average Bonchev–Trinajstić information content (AvgIpc) is 2.91.